The quantitative estimate of drug-likeness (QED) is 0.846. The number of hydrogen-bond donors (Lipinski definition) is 1. The molecule has 1 atom stereocenters. The Labute approximate surface area is 126 Å². The van der Waals surface area contributed by atoms with Crippen LogP contribution in [0.4, 0.5) is 0 Å². The molecule has 0 aromatic heterocycles. The van der Waals surface area contributed by atoms with Crippen LogP contribution in [0.3, 0.4) is 0 Å². The molecule has 1 aromatic rings. The number of fused-ring (bicyclic) bond motifs is 1. The van der Waals surface area contributed by atoms with Gasteiger partial charge in [-0.2, -0.15) is 0 Å². The first-order valence-electron chi connectivity index (χ1n) is 7.55. The molecule has 116 valence electrons. The number of carbonyl (C=O) groups is 1. The van der Waals surface area contributed by atoms with Crippen LogP contribution >= 0.6 is 0 Å². The predicted molar refractivity (Wildman–Crippen MR) is 82.0 cm³/mol. The Hall–Kier alpha value is -1.39. The largest absolute Gasteiger partial charge is 0.459 e. The van der Waals surface area contributed by atoms with Crippen molar-refractivity contribution in [1.82, 2.24) is 4.90 Å². The van der Waals surface area contributed by atoms with E-state index >= 15 is 0 Å². The van der Waals surface area contributed by atoms with Gasteiger partial charge in [-0.15, -0.1) is 0 Å². The lowest BCUT2D eigenvalue weighted by Gasteiger charge is -2.29. The van der Waals surface area contributed by atoms with Crippen molar-refractivity contribution in [3.8, 4) is 0 Å². The number of hydrogen-bond acceptors (Lipinski definition) is 4. The summed E-state index contributed by atoms with van der Waals surface area (Å²) < 4.78 is 5.40. The summed E-state index contributed by atoms with van der Waals surface area (Å²) >= 11 is 0. The summed E-state index contributed by atoms with van der Waals surface area (Å²) in [5.74, 6) is -0.236. The normalized spacial score (nSPS) is 17.9. The fraction of sp³-hybridized carbons (Fsp3) is 0.588. The van der Waals surface area contributed by atoms with E-state index in [1.54, 1.807) is 0 Å². The average Bonchev–Trinajstić information content (AvgIpc) is 2.79. The minimum Gasteiger partial charge on any atom is -0.459 e. The maximum absolute atomic E-state index is 12.1. The van der Waals surface area contributed by atoms with Gasteiger partial charge in [0.2, 0.25) is 0 Å². The first kappa shape index (κ1) is 16.0. The first-order valence-corrected chi connectivity index (χ1v) is 7.55. The van der Waals surface area contributed by atoms with Crippen LogP contribution in [0.2, 0.25) is 0 Å². The van der Waals surface area contributed by atoms with Crippen LogP contribution in [0.15, 0.2) is 24.3 Å². The van der Waals surface area contributed by atoms with Crippen molar-refractivity contribution < 1.29 is 14.6 Å². The van der Waals surface area contributed by atoms with Gasteiger partial charge in [-0.25, -0.2) is 0 Å². The van der Waals surface area contributed by atoms with Gasteiger partial charge in [0, 0.05) is 12.6 Å². The van der Waals surface area contributed by atoms with Crippen molar-refractivity contribution in [2.24, 2.45) is 0 Å². The summed E-state index contributed by atoms with van der Waals surface area (Å²) in [4.78, 5) is 14.1. The topological polar surface area (TPSA) is 49.8 Å². The fourth-order valence-electron chi connectivity index (χ4n) is 2.93. The van der Waals surface area contributed by atoms with E-state index in [2.05, 4.69) is 12.1 Å². The Morgan fingerprint density at radius 1 is 1.38 bits per heavy atom. The molecule has 0 aliphatic heterocycles. The second-order valence-corrected chi connectivity index (χ2v) is 6.53. The molecule has 0 bridgehead atoms. The zero-order valence-electron chi connectivity index (χ0n) is 13.1. The zero-order valence-corrected chi connectivity index (χ0v) is 13.1. The number of aliphatic hydroxyl groups is 1. The standard InChI is InChI=1S/C17H25NO3/c1-17(2,3)21-16(20)12-18(10-11-19)15-9-8-13-6-4-5-7-14(13)15/h4-7,15,19H,8-12H2,1-3H3. The van der Waals surface area contributed by atoms with Crippen molar-refractivity contribution in [1.29, 1.82) is 0 Å². The third kappa shape index (κ3) is 4.29. The molecule has 0 saturated carbocycles. The molecular formula is C17H25NO3. The van der Waals surface area contributed by atoms with Crippen LogP contribution in [0.5, 0.6) is 0 Å². The van der Waals surface area contributed by atoms with Crippen LogP contribution in [0.1, 0.15) is 44.4 Å². The summed E-state index contributed by atoms with van der Waals surface area (Å²) in [6.07, 6.45) is 2.01. The number of rotatable bonds is 5. The van der Waals surface area contributed by atoms with Crippen molar-refractivity contribution in [3.63, 3.8) is 0 Å². The Bertz CT molecular complexity index is 493. The van der Waals surface area contributed by atoms with E-state index in [0.29, 0.717) is 6.54 Å². The molecule has 2 rings (SSSR count). The smallest absolute Gasteiger partial charge is 0.320 e. The highest BCUT2D eigenvalue weighted by atomic mass is 16.6. The third-order valence-corrected chi connectivity index (χ3v) is 3.68. The number of nitrogens with zero attached hydrogens (tertiary/aromatic N) is 1. The van der Waals surface area contributed by atoms with Crippen molar-refractivity contribution in [2.45, 2.75) is 45.3 Å². The van der Waals surface area contributed by atoms with Gasteiger partial charge in [-0.05, 0) is 44.7 Å². The number of aliphatic hydroxyl groups excluding tert-OH is 1. The maximum atomic E-state index is 12.1. The molecule has 0 spiro atoms. The van der Waals surface area contributed by atoms with E-state index in [0.717, 1.165) is 12.8 Å². The lowest BCUT2D eigenvalue weighted by molar-refractivity contribution is -0.156. The maximum Gasteiger partial charge on any atom is 0.320 e. The molecule has 4 nitrogen and oxygen atoms in total. The first-order chi connectivity index (χ1) is 9.90. The molecule has 1 aliphatic rings. The van der Waals surface area contributed by atoms with E-state index in [9.17, 15) is 9.90 Å². The monoisotopic (exact) mass is 291 g/mol. The number of esters is 1. The summed E-state index contributed by atoms with van der Waals surface area (Å²) in [7, 11) is 0. The van der Waals surface area contributed by atoms with Gasteiger partial charge in [-0.1, -0.05) is 24.3 Å². The molecule has 0 radical (unpaired) electrons. The van der Waals surface area contributed by atoms with E-state index in [1.807, 2.05) is 37.8 Å². The molecule has 1 N–H and O–H groups in total. The van der Waals surface area contributed by atoms with E-state index in [1.165, 1.54) is 11.1 Å². The van der Waals surface area contributed by atoms with Gasteiger partial charge in [-0.3, -0.25) is 9.69 Å². The van der Waals surface area contributed by atoms with Crippen molar-refractivity contribution in [3.05, 3.63) is 35.4 Å². The molecule has 0 amide bonds. The van der Waals surface area contributed by atoms with Crippen molar-refractivity contribution in [2.75, 3.05) is 19.7 Å². The van der Waals surface area contributed by atoms with Gasteiger partial charge >= 0.3 is 5.97 Å². The Morgan fingerprint density at radius 3 is 2.76 bits per heavy atom. The number of benzene rings is 1. The van der Waals surface area contributed by atoms with Gasteiger partial charge in [0.25, 0.3) is 0 Å². The summed E-state index contributed by atoms with van der Waals surface area (Å²) in [6.45, 7) is 6.35. The van der Waals surface area contributed by atoms with Gasteiger partial charge in [0.05, 0.1) is 13.2 Å². The van der Waals surface area contributed by atoms with Gasteiger partial charge in [0.15, 0.2) is 0 Å². The molecule has 4 heteroatoms. The lowest BCUT2D eigenvalue weighted by Crippen LogP contribution is -2.38. The summed E-state index contributed by atoms with van der Waals surface area (Å²) in [5.41, 5.74) is 2.14. The molecule has 0 saturated heterocycles. The minimum atomic E-state index is -0.477. The van der Waals surface area contributed by atoms with Crippen molar-refractivity contribution >= 4 is 5.97 Å². The second-order valence-electron chi connectivity index (χ2n) is 6.53. The zero-order chi connectivity index (χ0) is 15.5. The molecule has 21 heavy (non-hydrogen) atoms. The Kier molecular flexibility index (Phi) is 5.01. The number of aryl methyl sites for hydroxylation is 1. The molecule has 1 aromatic carbocycles. The number of ether oxygens (including phenoxy) is 1. The lowest BCUT2D eigenvalue weighted by atomic mass is 10.1. The summed E-state index contributed by atoms with van der Waals surface area (Å²) in [5, 5.41) is 9.30. The molecule has 0 fully saturated rings. The van der Waals surface area contributed by atoms with Gasteiger partial charge in [0.1, 0.15) is 5.60 Å². The molecule has 0 heterocycles. The molecular weight excluding hydrogens is 266 g/mol. The average molecular weight is 291 g/mol. The second kappa shape index (κ2) is 6.58. The SMILES string of the molecule is CC(C)(C)OC(=O)CN(CCO)C1CCc2ccccc21. The fourth-order valence-corrected chi connectivity index (χ4v) is 2.93. The summed E-state index contributed by atoms with van der Waals surface area (Å²) in [6, 6.07) is 8.53. The van der Waals surface area contributed by atoms with Gasteiger partial charge < -0.3 is 9.84 Å². The van der Waals surface area contributed by atoms with E-state index in [4.69, 9.17) is 4.74 Å². The van der Waals surface area contributed by atoms with Crippen LogP contribution in [0.25, 0.3) is 0 Å². The van der Waals surface area contributed by atoms with E-state index in [-0.39, 0.29) is 25.2 Å². The molecule has 1 aliphatic carbocycles. The van der Waals surface area contributed by atoms with E-state index < -0.39 is 5.60 Å². The minimum absolute atomic E-state index is 0.0431. The van der Waals surface area contributed by atoms with Crippen LogP contribution in [-0.2, 0) is 16.0 Å². The Balaban J connectivity index is 2.08. The highest BCUT2D eigenvalue weighted by Crippen LogP contribution is 2.35. The van der Waals surface area contributed by atoms with Crippen LogP contribution in [-0.4, -0.2) is 41.3 Å². The third-order valence-electron chi connectivity index (χ3n) is 3.68. The number of carbonyl (C=O) groups excluding carboxylic acids is 1. The Morgan fingerprint density at radius 2 is 2.10 bits per heavy atom. The highest BCUT2D eigenvalue weighted by Gasteiger charge is 2.29. The predicted octanol–water partition coefficient (Wildman–Crippen LogP) is 2.31. The van der Waals surface area contributed by atoms with Crippen LogP contribution < -0.4 is 0 Å². The van der Waals surface area contributed by atoms with Crippen LogP contribution in [0, 0.1) is 0 Å². The molecule has 1 unspecified atom stereocenters. The highest BCUT2D eigenvalue weighted by molar-refractivity contribution is 5.72.